The summed E-state index contributed by atoms with van der Waals surface area (Å²) >= 11 is 0. The molecule has 0 saturated carbocycles. The number of anilines is 1. The minimum absolute atomic E-state index is 0.0584. The average Bonchev–Trinajstić information content (AvgIpc) is 2.68. The van der Waals surface area contributed by atoms with E-state index < -0.39 is 0 Å². The number of carbonyl (C=O) groups excluding carboxylic acids is 1. The lowest BCUT2D eigenvalue weighted by molar-refractivity contribution is -0.140. The quantitative estimate of drug-likeness (QED) is 0.799. The third-order valence-electron chi connectivity index (χ3n) is 5.98. The summed E-state index contributed by atoms with van der Waals surface area (Å²) in [6, 6.07) is 14.1. The normalized spacial score (nSPS) is 24.5. The lowest BCUT2D eigenvalue weighted by Crippen LogP contribution is -2.67. The molecule has 26 heavy (non-hydrogen) atoms. The van der Waals surface area contributed by atoms with Crippen LogP contribution in [0.1, 0.15) is 31.4 Å². The Hall–Kier alpha value is -2.40. The molecule has 1 amide bonds. The van der Waals surface area contributed by atoms with Gasteiger partial charge in [-0.3, -0.25) is 14.5 Å². The first-order chi connectivity index (χ1) is 12.5. The maximum absolute atomic E-state index is 13.1. The number of hydrogen-bond acceptors (Lipinski definition) is 3. The number of rotatable bonds is 3. The molecule has 0 aliphatic carbocycles. The summed E-state index contributed by atoms with van der Waals surface area (Å²) < 4.78 is 1.53. The Labute approximate surface area is 153 Å². The van der Waals surface area contributed by atoms with Crippen molar-refractivity contribution in [3.63, 3.8) is 0 Å². The van der Waals surface area contributed by atoms with Gasteiger partial charge in [0.15, 0.2) is 0 Å². The molecule has 4 rings (SSSR count). The van der Waals surface area contributed by atoms with Gasteiger partial charge >= 0.3 is 0 Å². The number of carbonyl (C=O) groups is 1. The number of benzene rings is 1. The Morgan fingerprint density at radius 3 is 2.50 bits per heavy atom. The van der Waals surface area contributed by atoms with Gasteiger partial charge in [0, 0.05) is 38.4 Å². The van der Waals surface area contributed by atoms with Crippen LogP contribution in [0.5, 0.6) is 0 Å². The molecule has 5 nitrogen and oxygen atoms in total. The van der Waals surface area contributed by atoms with Crippen molar-refractivity contribution in [2.24, 2.45) is 12.5 Å². The van der Waals surface area contributed by atoms with Crippen LogP contribution >= 0.6 is 0 Å². The molecule has 2 aliphatic rings. The smallest absolute Gasteiger partial charge is 0.250 e. The van der Waals surface area contributed by atoms with Crippen molar-refractivity contribution in [2.45, 2.75) is 25.8 Å². The van der Waals surface area contributed by atoms with E-state index in [9.17, 15) is 9.59 Å². The van der Waals surface area contributed by atoms with E-state index in [0.29, 0.717) is 6.04 Å². The highest BCUT2D eigenvalue weighted by Crippen LogP contribution is 2.44. The minimum Gasteiger partial charge on any atom is -0.317 e. The maximum Gasteiger partial charge on any atom is 0.250 e. The fourth-order valence-electron chi connectivity index (χ4n) is 4.33. The topological polar surface area (TPSA) is 45.5 Å². The summed E-state index contributed by atoms with van der Waals surface area (Å²) in [6.07, 6.45) is 3.75. The Morgan fingerprint density at radius 1 is 1.04 bits per heavy atom. The Balaban J connectivity index is 1.50. The van der Waals surface area contributed by atoms with Crippen LogP contribution in [0.3, 0.4) is 0 Å². The predicted molar refractivity (Wildman–Crippen MR) is 102 cm³/mol. The minimum atomic E-state index is -0.268. The van der Waals surface area contributed by atoms with Crippen LogP contribution < -0.4 is 10.5 Å². The molecule has 2 fully saturated rings. The summed E-state index contributed by atoms with van der Waals surface area (Å²) in [6.45, 7) is 4.80. The zero-order chi connectivity index (χ0) is 18.3. The third kappa shape index (κ3) is 2.76. The number of amides is 1. The van der Waals surface area contributed by atoms with Crippen molar-refractivity contribution in [2.75, 3.05) is 24.5 Å². The number of nitrogens with zero attached hydrogens (tertiary/aromatic N) is 3. The van der Waals surface area contributed by atoms with E-state index in [1.54, 1.807) is 19.3 Å². The second-order valence-electron chi connectivity index (χ2n) is 7.67. The summed E-state index contributed by atoms with van der Waals surface area (Å²) in [5, 5.41) is 0. The molecule has 0 radical (unpaired) electrons. The molecular formula is C21H25N3O2. The lowest BCUT2D eigenvalue weighted by Gasteiger charge is -2.54. The summed E-state index contributed by atoms with van der Waals surface area (Å²) in [5.41, 5.74) is 1.79. The first-order valence-electron chi connectivity index (χ1n) is 9.28. The van der Waals surface area contributed by atoms with Gasteiger partial charge in [0.25, 0.3) is 0 Å². The van der Waals surface area contributed by atoms with Crippen LogP contribution in [0.15, 0.2) is 53.5 Å². The van der Waals surface area contributed by atoms with E-state index in [-0.39, 0.29) is 16.9 Å². The van der Waals surface area contributed by atoms with Gasteiger partial charge < -0.3 is 9.47 Å². The molecule has 2 atom stereocenters. The molecule has 0 bridgehead atoms. The van der Waals surface area contributed by atoms with E-state index >= 15 is 0 Å². The van der Waals surface area contributed by atoms with E-state index in [1.807, 2.05) is 11.0 Å². The van der Waals surface area contributed by atoms with Crippen LogP contribution in [0.2, 0.25) is 0 Å². The van der Waals surface area contributed by atoms with Gasteiger partial charge in [-0.2, -0.15) is 0 Å². The zero-order valence-corrected chi connectivity index (χ0v) is 15.4. The monoisotopic (exact) mass is 351 g/mol. The lowest BCUT2D eigenvalue weighted by atomic mass is 9.71. The van der Waals surface area contributed by atoms with Crippen LogP contribution in [0, 0.1) is 5.41 Å². The Morgan fingerprint density at radius 2 is 1.81 bits per heavy atom. The van der Waals surface area contributed by atoms with Crippen molar-refractivity contribution in [3.05, 3.63) is 64.6 Å². The van der Waals surface area contributed by atoms with Gasteiger partial charge in [0.05, 0.1) is 11.1 Å². The predicted octanol–water partition coefficient (Wildman–Crippen LogP) is 2.58. The highest BCUT2D eigenvalue weighted by molar-refractivity contribution is 6.04. The molecule has 2 aliphatic heterocycles. The Bertz CT molecular complexity index is 876. The first kappa shape index (κ1) is 17.0. The van der Waals surface area contributed by atoms with Gasteiger partial charge in [0.1, 0.15) is 0 Å². The number of likely N-dealkylation sites (tertiary alicyclic amines) is 1. The summed E-state index contributed by atoms with van der Waals surface area (Å²) in [4.78, 5) is 28.9. The number of β-lactam (4-membered cyclic amide) rings is 1. The highest BCUT2D eigenvalue weighted by Gasteiger charge is 2.54. The van der Waals surface area contributed by atoms with Crippen molar-refractivity contribution in [3.8, 4) is 0 Å². The van der Waals surface area contributed by atoms with Crippen molar-refractivity contribution >= 4 is 11.6 Å². The summed E-state index contributed by atoms with van der Waals surface area (Å²) in [7, 11) is 1.72. The fraction of sp³-hybridized carbons (Fsp3) is 0.429. The first-order valence-corrected chi connectivity index (χ1v) is 9.28. The van der Waals surface area contributed by atoms with Crippen LogP contribution in [0.4, 0.5) is 5.69 Å². The van der Waals surface area contributed by atoms with Gasteiger partial charge in [-0.05, 0) is 37.9 Å². The SMILES string of the molecule is C[C@H](c1ccccc1)N1CCC[C@@]2(CN(c3ccc(=O)n(C)c3)C2=O)C1. The molecule has 0 N–H and O–H groups in total. The highest BCUT2D eigenvalue weighted by atomic mass is 16.2. The summed E-state index contributed by atoms with van der Waals surface area (Å²) in [5.74, 6) is 0.195. The molecule has 3 heterocycles. The van der Waals surface area contributed by atoms with Crippen molar-refractivity contribution < 1.29 is 4.79 Å². The van der Waals surface area contributed by atoms with Gasteiger partial charge in [-0.1, -0.05) is 30.3 Å². The molecule has 1 spiro atoms. The van der Waals surface area contributed by atoms with E-state index in [2.05, 4.69) is 36.1 Å². The maximum atomic E-state index is 13.1. The van der Waals surface area contributed by atoms with Crippen molar-refractivity contribution in [1.82, 2.24) is 9.47 Å². The molecule has 136 valence electrons. The Kier molecular flexibility index (Phi) is 4.19. The van der Waals surface area contributed by atoms with E-state index in [4.69, 9.17) is 0 Å². The molecule has 2 aromatic rings. The largest absolute Gasteiger partial charge is 0.317 e. The molecule has 1 aromatic heterocycles. The number of pyridine rings is 1. The number of aromatic nitrogens is 1. The molecule has 2 saturated heterocycles. The fourth-order valence-corrected chi connectivity index (χ4v) is 4.33. The second-order valence-corrected chi connectivity index (χ2v) is 7.67. The second kappa shape index (κ2) is 6.40. The molecular weight excluding hydrogens is 326 g/mol. The van der Waals surface area contributed by atoms with Gasteiger partial charge in [-0.25, -0.2) is 0 Å². The zero-order valence-electron chi connectivity index (χ0n) is 15.4. The van der Waals surface area contributed by atoms with Gasteiger partial charge in [-0.15, -0.1) is 0 Å². The molecule has 5 heteroatoms. The molecule has 0 unspecified atom stereocenters. The van der Waals surface area contributed by atoms with Gasteiger partial charge in [0.2, 0.25) is 11.5 Å². The van der Waals surface area contributed by atoms with Crippen molar-refractivity contribution in [1.29, 1.82) is 0 Å². The third-order valence-corrected chi connectivity index (χ3v) is 5.98. The standard InChI is InChI=1S/C21H25N3O2/c1-16(17-7-4-3-5-8-17)23-12-6-11-21(14-23)15-24(20(21)26)18-9-10-19(25)22(2)13-18/h3-5,7-10,13,16H,6,11-12,14-15H2,1-2H3/t16-,21+/m1/s1. The van der Waals surface area contributed by atoms with E-state index in [1.165, 1.54) is 16.2 Å². The average molecular weight is 351 g/mol. The number of piperidine rings is 1. The van der Waals surface area contributed by atoms with Crippen LogP contribution in [-0.4, -0.2) is 35.0 Å². The van der Waals surface area contributed by atoms with Crippen LogP contribution in [0.25, 0.3) is 0 Å². The number of aryl methyl sites for hydroxylation is 1. The number of hydrogen-bond donors (Lipinski definition) is 0. The molecule has 1 aromatic carbocycles. The van der Waals surface area contributed by atoms with E-state index in [0.717, 1.165) is 38.2 Å². The van der Waals surface area contributed by atoms with Crippen LogP contribution in [-0.2, 0) is 11.8 Å².